The molecule has 0 aliphatic heterocycles. The van der Waals surface area contributed by atoms with Crippen molar-refractivity contribution in [2.45, 2.75) is 25.2 Å². The SMILES string of the molecule is NC(C(=O)NCc1ccc(Cl)c(Nc2nc3cc(C(=O)Nc4ccc(F)c(Cl)c4)c(OCC(F)F)cc3[nH]2)c1Cl)C(F)(F)F. The number of aromatic amines is 1. The Balaban J connectivity index is 1.61. The van der Waals surface area contributed by atoms with Crippen LogP contribution in [0.25, 0.3) is 11.0 Å². The van der Waals surface area contributed by atoms with E-state index in [2.05, 4.69) is 25.9 Å². The van der Waals surface area contributed by atoms with Crippen LogP contribution < -0.4 is 26.4 Å². The van der Waals surface area contributed by atoms with Crippen LogP contribution in [0.5, 0.6) is 5.75 Å². The maximum Gasteiger partial charge on any atom is 0.412 e. The zero-order valence-corrected chi connectivity index (χ0v) is 24.0. The van der Waals surface area contributed by atoms with Crippen LogP contribution in [0.1, 0.15) is 15.9 Å². The molecule has 0 saturated heterocycles. The lowest BCUT2D eigenvalue weighted by molar-refractivity contribution is -0.162. The second-order valence-corrected chi connectivity index (χ2v) is 10.2. The molecule has 6 N–H and O–H groups in total. The zero-order chi connectivity index (χ0) is 32.3. The monoisotopic (exact) mass is 682 g/mol. The third kappa shape index (κ3) is 7.77. The summed E-state index contributed by atoms with van der Waals surface area (Å²) in [6, 6.07) is 5.92. The Hall–Kier alpha value is -3.92. The molecule has 18 heteroatoms. The molecule has 1 atom stereocenters. The van der Waals surface area contributed by atoms with Crippen molar-refractivity contribution in [1.29, 1.82) is 0 Å². The fraction of sp³-hybridized carbons (Fsp3) is 0.192. The van der Waals surface area contributed by atoms with Gasteiger partial charge in [-0.1, -0.05) is 40.9 Å². The number of nitrogens with two attached hydrogens (primary N) is 1. The molecule has 0 radical (unpaired) electrons. The van der Waals surface area contributed by atoms with E-state index in [1.807, 2.05) is 0 Å². The highest BCUT2D eigenvalue weighted by Crippen LogP contribution is 2.36. The lowest BCUT2D eigenvalue weighted by Gasteiger charge is -2.16. The minimum absolute atomic E-state index is 0.00626. The van der Waals surface area contributed by atoms with Gasteiger partial charge in [0.2, 0.25) is 11.9 Å². The van der Waals surface area contributed by atoms with Crippen LogP contribution in [-0.4, -0.2) is 47.0 Å². The Labute approximate surface area is 259 Å². The van der Waals surface area contributed by atoms with Gasteiger partial charge in [0, 0.05) is 18.3 Å². The number of nitrogens with zero attached hydrogens (tertiary/aromatic N) is 1. The third-order valence-corrected chi connectivity index (χ3v) is 6.91. The Morgan fingerprint density at radius 1 is 1.05 bits per heavy atom. The van der Waals surface area contributed by atoms with Gasteiger partial charge in [-0.3, -0.25) is 9.59 Å². The van der Waals surface area contributed by atoms with E-state index < -0.39 is 49.4 Å². The molecule has 234 valence electrons. The summed E-state index contributed by atoms with van der Waals surface area (Å²) in [5.74, 6) is -3.22. The Morgan fingerprint density at radius 2 is 1.77 bits per heavy atom. The molecule has 0 saturated carbocycles. The number of aromatic nitrogens is 2. The minimum Gasteiger partial charge on any atom is -0.487 e. The molecule has 4 aromatic rings. The largest absolute Gasteiger partial charge is 0.487 e. The maximum absolute atomic E-state index is 13.5. The quantitative estimate of drug-likeness (QED) is 0.117. The molecule has 1 aromatic heterocycles. The molecule has 0 spiro atoms. The number of rotatable bonds is 10. The number of hydrogen-bond donors (Lipinski definition) is 5. The number of benzene rings is 3. The van der Waals surface area contributed by atoms with E-state index in [0.29, 0.717) is 0 Å². The summed E-state index contributed by atoms with van der Waals surface area (Å²) < 4.78 is 82.7. The molecule has 1 heterocycles. The number of nitrogens with one attached hydrogen (secondary N) is 4. The van der Waals surface area contributed by atoms with Gasteiger partial charge in [0.25, 0.3) is 12.3 Å². The van der Waals surface area contributed by atoms with E-state index in [-0.39, 0.29) is 60.3 Å². The number of alkyl halides is 5. The summed E-state index contributed by atoms with van der Waals surface area (Å²) in [6.45, 7) is -1.45. The molecule has 3 aromatic carbocycles. The van der Waals surface area contributed by atoms with E-state index in [4.69, 9.17) is 45.3 Å². The van der Waals surface area contributed by atoms with Crippen molar-refractivity contribution in [3.05, 3.63) is 74.5 Å². The first-order chi connectivity index (χ1) is 20.6. The lowest BCUT2D eigenvalue weighted by Crippen LogP contribution is -2.49. The Kier molecular flexibility index (Phi) is 10.0. The summed E-state index contributed by atoms with van der Waals surface area (Å²) in [7, 11) is 0. The number of ether oxygens (including phenoxy) is 1. The van der Waals surface area contributed by atoms with Gasteiger partial charge in [-0.2, -0.15) is 13.2 Å². The summed E-state index contributed by atoms with van der Waals surface area (Å²) in [6.07, 6.45) is -7.80. The Bertz CT molecular complexity index is 1720. The van der Waals surface area contributed by atoms with Crippen LogP contribution in [0.2, 0.25) is 15.1 Å². The van der Waals surface area contributed by atoms with E-state index in [1.165, 1.54) is 30.3 Å². The highest BCUT2D eigenvalue weighted by Gasteiger charge is 2.41. The first kappa shape index (κ1) is 33.0. The average molecular weight is 684 g/mol. The number of carbonyl (C=O) groups is 2. The van der Waals surface area contributed by atoms with Crippen LogP contribution in [-0.2, 0) is 11.3 Å². The van der Waals surface area contributed by atoms with Gasteiger partial charge in [-0.15, -0.1) is 0 Å². The fourth-order valence-corrected chi connectivity index (χ4v) is 4.44. The van der Waals surface area contributed by atoms with Gasteiger partial charge in [0.15, 0.2) is 6.04 Å². The number of halogens is 9. The molecular weight excluding hydrogens is 665 g/mol. The molecule has 0 fully saturated rings. The summed E-state index contributed by atoms with van der Waals surface area (Å²) in [4.78, 5) is 32.0. The number of anilines is 3. The number of amides is 2. The van der Waals surface area contributed by atoms with Crippen molar-refractivity contribution in [3.63, 3.8) is 0 Å². The average Bonchev–Trinajstić information content (AvgIpc) is 3.35. The summed E-state index contributed by atoms with van der Waals surface area (Å²) >= 11 is 18.4. The second-order valence-electron chi connectivity index (χ2n) is 8.99. The lowest BCUT2D eigenvalue weighted by atomic mass is 10.1. The zero-order valence-electron chi connectivity index (χ0n) is 21.8. The van der Waals surface area contributed by atoms with Gasteiger partial charge in [-0.25, -0.2) is 18.2 Å². The van der Waals surface area contributed by atoms with Crippen LogP contribution in [0, 0.1) is 5.82 Å². The first-order valence-corrected chi connectivity index (χ1v) is 13.3. The maximum atomic E-state index is 13.5. The summed E-state index contributed by atoms with van der Waals surface area (Å²) in [5.41, 5.74) is 5.46. The topological polar surface area (TPSA) is 134 Å². The van der Waals surface area contributed by atoms with Crippen LogP contribution in [0.4, 0.5) is 43.7 Å². The standard InChI is InChI=1S/C26H19Cl3F6N6O3/c27-13-3-1-10(8-37-24(43)22(36)26(33,34)35)20(29)21(13)41-25-39-16-6-12(18(7-17(16)40-25)44-9-19(31)32)23(42)38-11-2-4-15(30)14(28)5-11/h1-7,19,22H,8-9,36H2,(H,37,43)(H,38,42)(H2,39,40,41). The predicted octanol–water partition coefficient (Wildman–Crippen LogP) is 6.81. The van der Waals surface area contributed by atoms with Crippen LogP contribution >= 0.6 is 34.8 Å². The number of H-pyrrole nitrogens is 1. The number of imidazole rings is 1. The molecule has 0 bridgehead atoms. The first-order valence-electron chi connectivity index (χ1n) is 12.2. The molecule has 0 aliphatic rings. The van der Waals surface area contributed by atoms with E-state index in [9.17, 15) is 35.9 Å². The smallest absolute Gasteiger partial charge is 0.412 e. The van der Waals surface area contributed by atoms with Crippen LogP contribution in [0.15, 0.2) is 42.5 Å². The molecule has 44 heavy (non-hydrogen) atoms. The number of carbonyl (C=O) groups excluding carboxylic acids is 2. The Morgan fingerprint density at radius 3 is 2.43 bits per heavy atom. The van der Waals surface area contributed by atoms with Gasteiger partial charge < -0.3 is 31.4 Å². The van der Waals surface area contributed by atoms with Crippen LogP contribution in [0.3, 0.4) is 0 Å². The molecule has 1 unspecified atom stereocenters. The van der Waals surface area contributed by atoms with Crippen molar-refractivity contribution in [3.8, 4) is 5.75 Å². The van der Waals surface area contributed by atoms with Gasteiger partial charge in [-0.05, 0) is 35.9 Å². The highest BCUT2D eigenvalue weighted by atomic mass is 35.5. The second kappa shape index (κ2) is 13.4. The molecule has 9 nitrogen and oxygen atoms in total. The predicted molar refractivity (Wildman–Crippen MR) is 153 cm³/mol. The minimum atomic E-state index is -4.94. The summed E-state index contributed by atoms with van der Waals surface area (Å²) in [5, 5.41) is 7.08. The van der Waals surface area contributed by atoms with Crippen molar-refractivity contribution >= 4 is 75.0 Å². The van der Waals surface area contributed by atoms with Crippen molar-refractivity contribution in [1.82, 2.24) is 15.3 Å². The fourth-order valence-electron chi connectivity index (χ4n) is 3.72. The highest BCUT2D eigenvalue weighted by molar-refractivity contribution is 6.39. The molecule has 0 aliphatic carbocycles. The molecular formula is C26H19Cl3F6N6O3. The van der Waals surface area contributed by atoms with E-state index >= 15 is 0 Å². The van der Waals surface area contributed by atoms with Gasteiger partial charge >= 0.3 is 6.18 Å². The van der Waals surface area contributed by atoms with Crippen molar-refractivity contribution < 1.29 is 40.7 Å². The normalized spacial score (nSPS) is 12.3. The van der Waals surface area contributed by atoms with E-state index in [0.717, 1.165) is 12.1 Å². The van der Waals surface area contributed by atoms with Crippen molar-refractivity contribution in [2.75, 3.05) is 17.2 Å². The number of fused-ring (bicyclic) bond motifs is 1. The van der Waals surface area contributed by atoms with Gasteiger partial charge in [0.1, 0.15) is 18.2 Å². The van der Waals surface area contributed by atoms with Crippen molar-refractivity contribution in [2.24, 2.45) is 5.73 Å². The molecule has 4 rings (SSSR count). The third-order valence-electron chi connectivity index (χ3n) is 5.87. The van der Waals surface area contributed by atoms with Gasteiger partial charge in [0.05, 0.1) is 37.4 Å². The number of hydrogen-bond acceptors (Lipinski definition) is 6. The van der Waals surface area contributed by atoms with E-state index in [1.54, 1.807) is 0 Å². The molecule has 2 amide bonds.